The first-order valence-corrected chi connectivity index (χ1v) is 6.98. The summed E-state index contributed by atoms with van der Waals surface area (Å²) >= 11 is 0. The minimum absolute atomic E-state index is 0.218. The van der Waals surface area contributed by atoms with Gasteiger partial charge in [-0.05, 0) is 30.7 Å². The molecule has 0 saturated carbocycles. The van der Waals surface area contributed by atoms with E-state index in [2.05, 4.69) is 5.32 Å². The second-order valence-corrected chi connectivity index (χ2v) is 4.61. The summed E-state index contributed by atoms with van der Waals surface area (Å²) in [5.74, 6) is 1.29. The van der Waals surface area contributed by atoms with E-state index in [0.29, 0.717) is 19.7 Å². The molecule has 0 radical (unpaired) electrons. The molecule has 0 amide bonds. The maximum Gasteiger partial charge on any atom is 0.165 e. The van der Waals surface area contributed by atoms with Gasteiger partial charge in [-0.3, -0.25) is 0 Å². The molecule has 0 unspecified atom stereocenters. The molecule has 0 atom stereocenters. The van der Waals surface area contributed by atoms with Gasteiger partial charge in [-0.2, -0.15) is 0 Å². The third-order valence-corrected chi connectivity index (χ3v) is 3.12. The van der Waals surface area contributed by atoms with Crippen molar-refractivity contribution in [3.05, 3.63) is 59.4 Å². The van der Waals surface area contributed by atoms with Crippen LogP contribution in [-0.2, 0) is 13.1 Å². The number of hydrogen-bond donors (Lipinski definition) is 1. The van der Waals surface area contributed by atoms with E-state index < -0.39 is 0 Å². The first-order valence-electron chi connectivity index (χ1n) is 6.98. The van der Waals surface area contributed by atoms with Gasteiger partial charge in [0.05, 0.1) is 13.7 Å². The number of ether oxygens (including phenoxy) is 2. The van der Waals surface area contributed by atoms with E-state index in [4.69, 9.17) is 9.47 Å². The third kappa shape index (κ3) is 4.20. The lowest BCUT2D eigenvalue weighted by molar-refractivity contribution is 0.308. The van der Waals surface area contributed by atoms with E-state index in [1.54, 1.807) is 19.2 Å². The van der Waals surface area contributed by atoms with Gasteiger partial charge in [0, 0.05) is 18.7 Å². The number of para-hydroxylation sites is 1. The highest BCUT2D eigenvalue weighted by atomic mass is 19.1. The number of rotatable bonds is 7. The van der Waals surface area contributed by atoms with Crippen LogP contribution in [-0.4, -0.2) is 13.7 Å². The summed E-state index contributed by atoms with van der Waals surface area (Å²) in [6.07, 6.45) is 0. The largest absolute Gasteiger partial charge is 0.493 e. The maximum absolute atomic E-state index is 12.8. The topological polar surface area (TPSA) is 30.5 Å². The van der Waals surface area contributed by atoms with Gasteiger partial charge < -0.3 is 14.8 Å². The Hall–Kier alpha value is -2.07. The van der Waals surface area contributed by atoms with Crippen LogP contribution in [0.25, 0.3) is 0 Å². The van der Waals surface area contributed by atoms with Crippen LogP contribution in [0, 0.1) is 5.82 Å². The summed E-state index contributed by atoms with van der Waals surface area (Å²) in [5, 5.41) is 3.32. The monoisotopic (exact) mass is 289 g/mol. The molecule has 0 saturated heterocycles. The fourth-order valence-electron chi connectivity index (χ4n) is 2.15. The summed E-state index contributed by atoms with van der Waals surface area (Å²) in [7, 11) is 1.64. The second-order valence-electron chi connectivity index (χ2n) is 4.61. The number of nitrogens with one attached hydrogen (secondary N) is 1. The molecule has 1 N–H and O–H groups in total. The smallest absolute Gasteiger partial charge is 0.165 e. The fourth-order valence-corrected chi connectivity index (χ4v) is 2.15. The van der Waals surface area contributed by atoms with Gasteiger partial charge in [0.2, 0.25) is 0 Å². The number of methoxy groups -OCH3 is 1. The molecule has 0 aromatic heterocycles. The molecule has 4 heteroatoms. The lowest BCUT2D eigenvalue weighted by atomic mass is 10.1. The average Bonchev–Trinajstić information content (AvgIpc) is 2.50. The summed E-state index contributed by atoms with van der Waals surface area (Å²) in [6.45, 7) is 3.87. The van der Waals surface area contributed by atoms with E-state index in [0.717, 1.165) is 22.6 Å². The van der Waals surface area contributed by atoms with Crippen molar-refractivity contribution in [2.45, 2.75) is 20.0 Å². The molecule has 2 aromatic carbocycles. The molecule has 0 bridgehead atoms. The number of hydrogen-bond acceptors (Lipinski definition) is 3. The quantitative estimate of drug-likeness (QED) is 0.846. The summed E-state index contributed by atoms with van der Waals surface area (Å²) < 4.78 is 23.8. The fraction of sp³-hybridized carbons (Fsp3) is 0.294. The third-order valence-electron chi connectivity index (χ3n) is 3.12. The van der Waals surface area contributed by atoms with E-state index >= 15 is 0 Å². The van der Waals surface area contributed by atoms with Crippen LogP contribution in [0.1, 0.15) is 18.1 Å². The van der Waals surface area contributed by atoms with Crippen molar-refractivity contribution in [2.75, 3.05) is 13.7 Å². The molecule has 112 valence electrons. The van der Waals surface area contributed by atoms with E-state index in [-0.39, 0.29) is 5.82 Å². The van der Waals surface area contributed by atoms with Gasteiger partial charge in [0.25, 0.3) is 0 Å². The molecule has 21 heavy (non-hydrogen) atoms. The molecule has 0 fully saturated rings. The zero-order chi connectivity index (χ0) is 15.1. The van der Waals surface area contributed by atoms with Crippen molar-refractivity contribution in [3.8, 4) is 11.5 Å². The minimum atomic E-state index is -0.218. The summed E-state index contributed by atoms with van der Waals surface area (Å²) in [6, 6.07) is 12.3. The predicted octanol–water partition coefficient (Wildman–Crippen LogP) is 3.52. The second kappa shape index (κ2) is 7.64. The van der Waals surface area contributed by atoms with Crippen LogP contribution in [0.15, 0.2) is 42.5 Å². The highest BCUT2D eigenvalue weighted by molar-refractivity contribution is 5.46. The SMILES string of the molecule is CCOc1cccc(CNCc2ccc(F)cc2)c1OC. The van der Waals surface area contributed by atoms with Gasteiger partial charge in [0.1, 0.15) is 5.82 Å². The molecule has 0 heterocycles. The summed E-state index contributed by atoms with van der Waals surface area (Å²) in [5.41, 5.74) is 2.07. The summed E-state index contributed by atoms with van der Waals surface area (Å²) in [4.78, 5) is 0. The van der Waals surface area contributed by atoms with Crippen LogP contribution < -0.4 is 14.8 Å². The Kier molecular flexibility index (Phi) is 5.58. The van der Waals surface area contributed by atoms with Crippen LogP contribution in [0.5, 0.6) is 11.5 Å². The van der Waals surface area contributed by atoms with Crippen LogP contribution in [0.3, 0.4) is 0 Å². The lowest BCUT2D eigenvalue weighted by Gasteiger charge is -2.14. The molecule has 3 nitrogen and oxygen atoms in total. The van der Waals surface area contributed by atoms with Gasteiger partial charge in [-0.1, -0.05) is 24.3 Å². The molecule has 2 aromatic rings. The van der Waals surface area contributed by atoms with Gasteiger partial charge in [-0.25, -0.2) is 4.39 Å². The van der Waals surface area contributed by atoms with Gasteiger partial charge in [-0.15, -0.1) is 0 Å². The number of halogens is 1. The van der Waals surface area contributed by atoms with Crippen molar-refractivity contribution < 1.29 is 13.9 Å². The highest BCUT2D eigenvalue weighted by Crippen LogP contribution is 2.30. The minimum Gasteiger partial charge on any atom is -0.493 e. The molecule has 0 spiro atoms. The molecule has 0 aliphatic rings. The van der Waals surface area contributed by atoms with Crippen LogP contribution >= 0.6 is 0 Å². The van der Waals surface area contributed by atoms with Crippen molar-refractivity contribution in [1.82, 2.24) is 5.32 Å². The molecule has 0 aliphatic heterocycles. The molecule has 0 aliphatic carbocycles. The van der Waals surface area contributed by atoms with E-state index in [1.807, 2.05) is 25.1 Å². The highest BCUT2D eigenvalue weighted by Gasteiger charge is 2.09. The number of benzene rings is 2. The average molecular weight is 289 g/mol. The standard InChI is InChI=1S/C17H20FNO2/c1-3-21-16-6-4-5-14(17(16)20-2)12-19-11-13-7-9-15(18)10-8-13/h4-10,19H,3,11-12H2,1-2H3. The van der Waals surface area contributed by atoms with Crippen molar-refractivity contribution in [2.24, 2.45) is 0 Å². The predicted molar refractivity (Wildman–Crippen MR) is 81.1 cm³/mol. The molecule has 2 rings (SSSR count). The zero-order valence-corrected chi connectivity index (χ0v) is 12.4. The van der Waals surface area contributed by atoms with Gasteiger partial charge in [0.15, 0.2) is 11.5 Å². The Morgan fingerprint density at radius 1 is 1.05 bits per heavy atom. The zero-order valence-electron chi connectivity index (χ0n) is 12.4. The Labute approximate surface area is 124 Å². The maximum atomic E-state index is 12.8. The van der Waals surface area contributed by atoms with Crippen molar-refractivity contribution in [3.63, 3.8) is 0 Å². The Morgan fingerprint density at radius 2 is 1.81 bits per heavy atom. The first kappa shape index (κ1) is 15.3. The molecular weight excluding hydrogens is 269 g/mol. The molecular formula is C17H20FNO2. The Morgan fingerprint density at radius 3 is 2.48 bits per heavy atom. The van der Waals surface area contributed by atoms with E-state index in [9.17, 15) is 4.39 Å². The van der Waals surface area contributed by atoms with Crippen molar-refractivity contribution >= 4 is 0 Å². The van der Waals surface area contributed by atoms with Crippen LogP contribution in [0.2, 0.25) is 0 Å². The van der Waals surface area contributed by atoms with Crippen LogP contribution in [0.4, 0.5) is 4.39 Å². The van der Waals surface area contributed by atoms with E-state index in [1.165, 1.54) is 12.1 Å². The van der Waals surface area contributed by atoms with Crippen molar-refractivity contribution in [1.29, 1.82) is 0 Å². The lowest BCUT2D eigenvalue weighted by Crippen LogP contribution is -2.13. The van der Waals surface area contributed by atoms with Gasteiger partial charge >= 0.3 is 0 Å². The normalized spacial score (nSPS) is 10.4. The first-order chi connectivity index (χ1) is 10.2. The Balaban J connectivity index is 1.99. The Bertz CT molecular complexity index is 570.